The van der Waals surface area contributed by atoms with Crippen LogP contribution in [0.1, 0.15) is 6.92 Å². The molecule has 0 saturated carbocycles. The second-order valence-corrected chi connectivity index (χ2v) is 3.85. The Hall–Kier alpha value is -2.29. The molecule has 0 saturated heterocycles. The third-order valence-corrected chi connectivity index (χ3v) is 2.32. The first-order valence-corrected chi connectivity index (χ1v) is 5.41. The number of hydrogen-bond donors (Lipinski definition) is 4. The van der Waals surface area contributed by atoms with Crippen LogP contribution in [0.15, 0.2) is 6.07 Å². The summed E-state index contributed by atoms with van der Waals surface area (Å²) in [4.78, 5) is 22.3. The predicted octanol–water partition coefficient (Wildman–Crippen LogP) is -0.616. The number of rotatable bonds is 5. The fraction of sp³-hybridized carbons (Fsp3) is 0.500. The van der Waals surface area contributed by atoms with E-state index in [1.54, 1.807) is 7.05 Å². The van der Waals surface area contributed by atoms with Crippen LogP contribution in [0, 0.1) is 0 Å². The molecular formula is C10H16N4O5. The van der Waals surface area contributed by atoms with Gasteiger partial charge >= 0.3 is 12.0 Å². The summed E-state index contributed by atoms with van der Waals surface area (Å²) in [6.45, 7) is 1.27. The average Bonchev–Trinajstić information content (AvgIpc) is 2.65. The van der Waals surface area contributed by atoms with Crippen molar-refractivity contribution in [3.05, 3.63) is 6.07 Å². The third-order valence-electron chi connectivity index (χ3n) is 2.32. The van der Waals surface area contributed by atoms with Gasteiger partial charge in [-0.3, -0.25) is 5.32 Å². The first-order chi connectivity index (χ1) is 8.85. The summed E-state index contributed by atoms with van der Waals surface area (Å²) in [6, 6.07) is -0.711. The van der Waals surface area contributed by atoms with Crippen LogP contribution in [0.2, 0.25) is 0 Å². The highest BCUT2D eigenvalue weighted by atomic mass is 16.5. The molecule has 2 unspecified atom stereocenters. The maximum absolute atomic E-state index is 11.6. The highest BCUT2D eigenvalue weighted by Gasteiger charge is 2.25. The zero-order chi connectivity index (χ0) is 14.6. The number of carbonyl (C=O) groups excluding carboxylic acids is 1. The number of carbonyl (C=O) groups is 2. The van der Waals surface area contributed by atoms with Crippen molar-refractivity contribution in [1.29, 1.82) is 0 Å². The number of amides is 2. The number of ether oxygens (including phenoxy) is 1. The fourth-order valence-corrected chi connectivity index (χ4v) is 1.38. The van der Waals surface area contributed by atoms with Crippen molar-refractivity contribution < 1.29 is 24.5 Å². The second kappa shape index (κ2) is 6.05. The van der Waals surface area contributed by atoms with Crippen molar-refractivity contribution in [3.8, 4) is 5.88 Å². The number of urea groups is 1. The molecular weight excluding hydrogens is 256 g/mol. The Bertz CT molecular complexity index is 470. The molecule has 0 bridgehead atoms. The Balaban J connectivity index is 2.66. The van der Waals surface area contributed by atoms with E-state index in [-0.39, 0.29) is 5.82 Å². The normalized spacial score (nSPS) is 13.5. The van der Waals surface area contributed by atoms with E-state index < -0.39 is 24.1 Å². The number of nitrogens with one attached hydrogen (secondary N) is 2. The van der Waals surface area contributed by atoms with Crippen LogP contribution in [0.4, 0.5) is 10.6 Å². The summed E-state index contributed by atoms with van der Waals surface area (Å²) in [5, 5.41) is 26.4. The molecule has 1 rings (SSSR count). The molecule has 0 radical (unpaired) electrons. The lowest BCUT2D eigenvalue weighted by molar-refractivity contribution is -0.141. The first kappa shape index (κ1) is 14.8. The van der Waals surface area contributed by atoms with Crippen molar-refractivity contribution in [2.45, 2.75) is 19.1 Å². The topological polar surface area (TPSA) is 126 Å². The van der Waals surface area contributed by atoms with Crippen molar-refractivity contribution in [2.75, 3.05) is 12.4 Å². The lowest BCUT2D eigenvalue weighted by Gasteiger charge is -2.16. The fourth-order valence-electron chi connectivity index (χ4n) is 1.38. The van der Waals surface area contributed by atoms with Gasteiger partial charge in [-0.05, 0) is 6.92 Å². The van der Waals surface area contributed by atoms with Gasteiger partial charge in [0.1, 0.15) is 0 Å². The SMILES string of the molecule is COc1cc(NC(=O)NC(C(=O)O)C(C)O)nn1C. The first-order valence-electron chi connectivity index (χ1n) is 5.41. The molecule has 1 aromatic rings. The average molecular weight is 272 g/mol. The highest BCUT2D eigenvalue weighted by molar-refractivity contribution is 5.91. The summed E-state index contributed by atoms with van der Waals surface area (Å²) < 4.78 is 6.36. The van der Waals surface area contributed by atoms with Crippen molar-refractivity contribution >= 4 is 17.8 Å². The molecule has 0 aliphatic heterocycles. The molecule has 2 amide bonds. The van der Waals surface area contributed by atoms with Gasteiger partial charge < -0.3 is 20.3 Å². The molecule has 0 aromatic carbocycles. The quantitative estimate of drug-likeness (QED) is 0.566. The molecule has 9 heteroatoms. The zero-order valence-electron chi connectivity index (χ0n) is 10.7. The van der Waals surface area contributed by atoms with E-state index in [4.69, 9.17) is 9.84 Å². The lowest BCUT2D eigenvalue weighted by Crippen LogP contribution is -2.49. The number of methoxy groups -OCH3 is 1. The number of nitrogens with zero attached hydrogens (tertiary/aromatic N) is 2. The minimum absolute atomic E-state index is 0.201. The van der Waals surface area contributed by atoms with Gasteiger partial charge in [0.15, 0.2) is 11.9 Å². The third kappa shape index (κ3) is 3.85. The summed E-state index contributed by atoms with van der Waals surface area (Å²) in [7, 11) is 3.08. The number of aliphatic hydroxyl groups excluding tert-OH is 1. The number of carboxylic acids is 1. The number of carboxylic acid groups (broad SMARTS) is 1. The zero-order valence-corrected chi connectivity index (χ0v) is 10.7. The molecule has 0 aliphatic rings. The maximum Gasteiger partial charge on any atom is 0.328 e. The van der Waals surface area contributed by atoms with Crippen molar-refractivity contribution in [3.63, 3.8) is 0 Å². The van der Waals surface area contributed by atoms with Gasteiger partial charge in [-0.25, -0.2) is 14.3 Å². The Kier molecular flexibility index (Phi) is 4.70. The minimum atomic E-state index is -1.40. The van der Waals surface area contributed by atoms with Crippen LogP contribution in [-0.4, -0.2) is 51.2 Å². The number of anilines is 1. The van der Waals surface area contributed by atoms with E-state index in [1.807, 2.05) is 0 Å². The van der Waals surface area contributed by atoms with Crippen LogP contribution in [-0.2, 0) is 11.8 Å². The molecule has 1 aromatic heterocycles. The highest BCUT2D eigenvalue weighted by Crippen LogP contribution is 2.14. The molecule has 2 atom stereocenters. The van der Waals surface area contributed by atoms with Crippen molar-refractivity contribution in [1.82, 2.24) is 15.1 Å². The molecule has 1 heterocycles. The standard InChI is InChI=1S/C10H16N4O5/c1-5(15)8(9(16)17)12-10(18)11-6-4-7(19-3)14(2)13-6/h4-5,8,15H,1-3H3,(H,16,17)(H2,11,12,13,18). The van der Waals surface area contributed by atoms with Gasteiger partial charge in [0.05, 0.1) is 13.2 Å². The molecule has 4 N–H and O–H groups in total. The number of aromatic nitrogens is 2. The summed E-state index contributed by atoms with van der Waals surface area (Å²) >= 11 is 0. The van der Waals surface area contributed by atoms with Gasteiger partial charge in [0.2, 0.25) is 5.88 Å². The molecule has 0 spiro atoms. The van der Waals surface area contributed by atoms with E-state index in [0.717, 1.165) is 0 Å². The van der Waals surface area contributed by atoms with Gasteiger partial charge in [0.25, 0.3) is 0 Å². The number of aliphatic carboxylic acids is 1. The van der Waals surface area contributed by atoms with Gasteiger partial charge in [-0.2, -0.15) is 5.10 Å². The van der Waals surface area contributed by atoms with Crippen LogP contribution in [0.25, 0.3) is 0 Å². The Labute approximate surface area is 109 Å². The van der Waals surface area contributed by atoms with Gasteiger partial charge in [0, 0.05) is 13.1 Å². The molecule has 9 nitrogen and oxygen atoms in total. The number of aryl methyl sites for hydroxylation is 1. The Morgan fingerprint density at radius 1 is 1.53 bits per heavy atom. The predicted molar refractivity (Wildman–Crippen MR) is 65.0 cm³/mol. The summed E-state index contributed by atoms with van der Waals surface area (Å²) in [5.74, 6) is -0.698. The largest absolute Gasteiger partial charge is 0.481 e. The van der Waals surface area contributed by atoms with Gasteiger partial charge in [-0.15, -0.1) is 0 Å². The van der Waals surface area contributed by atoms with Crippen molar-refractivity contribution in [2.24, 2.45) is 7.05 Å². The Morgan fingerprint density at radius 3 is 2.58 bits per heavy atom. The lowest BCUT2D eigenvalue weighted by atomic mass is 10.2. The van der Waals surface area contributed by atoms with E-state index in [9.17, 15) is 14.7 Å². The van der Waals surface area contributed by atoms with Crippen LogP contribution in [0.5, 0.6) is 5.88 Å². The van der Waals surface area contributed by atoms with Crippen LogP contribution >= 0.6 is 0 Å². The molecule has 19 heavy (non-hydrogen) atoms. The van der Waals surface area contributed by atoms with Gasteiger partial charge in [-0.1, -0.05) is 0 Å². The second-order valence-electron chi connectivity index (χ2n) is 3.85. The van der Waals surface area contributed by atoms with Crippen LogP contribution in [0.3, 0.4) is 0 Å². The maximum atomic E-state index is 11.6. The minimum Gasteiger partial charge on any atom is -0.481 e. The monoisotopic (exact) mass is 272 g/mol. The van der Waals surface area contributed by atoms with Crippen LogP contribution < -0.4 is 15.4 Å². The van der Waals surface area contributed by atoms with E-state index in [0.29, 0.717) is 5.88 Å². The molecule has 106 valence electrons. The van der Waals surface area contributed by atoms with E-state index in [1.165, 1.54) is 24.8 Å². The smallest absolute Gasteiger partial charge is 0.328 e. The van der Waals surface area contributed by atoms with E-state index in [2.05, 4.69) is 15.7 Å². The number of aliphatic hydroxyl groups is 1. The number of hydrogen-bond acceptors (Lipinski definition) is 5. The Morgan fingerprint density at radius 2 is 2.16 bits per heavy atom. The summed E-state index contributed by atoms with van der Waals surface area (Å²) in [5.41, 5.74) is 0. The van der Waals surface area contributed by atoms with E-state index >= 15 is 0 Å². The molecule has 0 aliphatic carbocycles. The molecule has 0 fully saturated rings. The summed E-state index contributed by atoms with van der Waals surface area (Å²) in [6.07, 6.45) is -1.22.